The van der Waals surface area contributed by atoms with Crippen LogP contribution < -0.4 is 5.73 Å². The van der Waals surface area contributed by atoms with Crippen molar-refractivity contribution in [3.63, 3.8) is 0 Å². The van der Waals surface area contributed by atoms with Gasteiger partial charge in [0.1, 0.15) is 5.52 Å². The summed E-state index contributed by atoms with van der Waals surface area (Å²) in [7, 11) is 0. The molecule has 28 heavy (non-hydrogen) atoms. The lowest BCUT2D eigenvalue weighted by Gasteiger charge is -2.05. The van der Waals surface area contributed by atoms with Crippen LogP contribution >= 0.6 is 0 Å². The van der Waals surface area contributed by atoms with Gasteiger partial charge in [0, 0.05) is 11.3 Å². The fourth-order valence-electron chi connectivity index (χ4n) is 3.34. The molecule has 0 amide bonds. The summed E-state index contributed by atoms with van der Waals surface area (Å²) < 4.78 is 6.00. The minimum atomic E-state index is 0.645. The molecule has 5 aromatic rings. The van der Waals surface area contributed by atoms with Crippen molar-refractivity contribution >= 4 is 16.8 Å². The maximum atomic E-state index is 6.00. The van der Waals surface area contributed by atoms with E-state index in [4.69, 9.17) is 10.2 Å². The van der Waals surface area contributed by atoms with Gasteiger partial charge < -0.3 is 10.2 Å². The van der Waals surface area contributed by atoms with Crippen LogP contribution in [-0.2, 0) is 0 Å². The molecule has 1 heterocycles. The van der Waals surface area contributed by atoms with E-state index in [1.165, 1.54) is 0 Å². The van der Waals surface area contributed by atoms with Crippen LogP contribution in [0.4, 0.5) is 5.69 Å². The van der Waals surface area contributed by atoms with Gasteiger partial charge in [0.2, 0.25) is 5.89 Å². The number of aromatic nitrogens is 1. The number of fused-ring (bicyclic) bond motifs is 1. The molecule has 0 aliphatic rings. The Bertz CT molecular complexity index is 1240. The predicted molar refractivity (Wildman–Crippen MR) is 115 cm³/mol. The Hall–Kier alpha value is -3.85. The second-order valence-corrected chi connectivity index (χ2v) is 6.77. The van der Waals surface area contributed by atoms with Crippen molar-refractivity contribution in [1.29, 1.82) is 0 Å². The van der Waals surface area contributed by atoms with Crippen LogP contribution in [0.2, 0.25) is 0 Å². The lowest BCUT2D eigenvalue weighted by molar-refractivity contribution is 0.620. The summed E-state index contributed by atoms with van der Waals surface area (Å²) in [5.41, 5.74) is 13.7. The molecule has 0 radical (unpaired) electrons. The average Bonchev–Trinajstić information content (AvgIpc) is 3.19. The Labute approximate surface area is 163 Å². The minimum Gasteiger partial charge on any atom is -0.436 e. The number of nitrogens with zero attached hydrogens (tertiary/aromatic N) is 1. The second-order valence-electron chi connectivity index (χ2n) is 6.77. The van der Waals surface area contributed by atoms with Crippen LogP contribution in [0.15, 0.2) is 101 Å². The van der Waals surface area contributed by atoms with E-state index in [1.54, 1.807) is 0 Å². The number of nitrogen functional groups attached to an aromatic ring is 1. The van der Waals surface area contributed by atoms with Crippen LogP contribution in [0.3, 0.4) is 0 Å². The largest absolute Gasteiger partial charge is 0.436 e. The highest BCUT2D eigenvalue weighted by Crippen LogP contribution is 2.30. The van der Waals surface area contributed by atoms with Crippen molar-refractivity contribution in [2.45, 2.75) is 0 Å². The third kappa shape index (κ3) is 3.03. The van der Waals surface area contributed by atoms with Crippen LogP contribution in [0, 0.1) is 0 Å². The molecular formula is C25H18N2O. The summed E-state index contributed by atoms with van der Waals surface area (Å²) in [5.74, 6) is 0.645. The lowest BCUT2D eigenvalue weighted by atomic mass is 10.00. The lowest BCUT2D eigenvalue weighted by Crippen LogP contribution is -1.84. The molecule has 4 aromatic carbocycles. The van der Waals surface area contributed by atoms with Gasteiger partial charge in [-0.25, -0.2) is 4.98 Å². The molecule has 0 atom stereocenters. The van der Waals surface area contributed by atoms with Gasteiger partial charge in [-0.15, -0.1) is 0 Å². The highest BCUT2D eigenvalue weighted by molar-refractivity contribution is 5.82. The number of hydrogen-bond acceptors (Lipinski definition) is 3. The predicted octanol–water partition coefficient (Wildman–Crippen LogP) is 6.41. The molecule has 134 valence electrons. The van der Waals surface area contributed by atoms with Crippen LogP contribution in [0.25, 0.3) is 44.8 Å². The van der Waals surface area contributed by atoms with Gasteiger partial charge in [-0.05, 0) is 58.7 Å². The highest BCUT2D eigenvalue weighted by Gasteiger charge is 2.09. The summed E-state index contributed by atoms with van der Waals surface area (Å²) >= 11 is 0. The summed E-state index contributed by atoms with van der Waals surface area (Å²) in [4.78, 5) is 4.60. The van der Waals surface area contributed by atoms with E-state index in [2.05, 4.69) is 35.3 Å². The fraction of sp³-hybridized carbons (Fsp3) is 0. The molecule has 0 aliphatic heterocycles. The maximum absolute atomic E-state index is 6.00. The molecule has 2 N–H and O–H groups in total. The van der Waals surface area contributed by atoms with Crippen molar-refractivity contribution in [3.8, 4) is 33.7 Å². The first-order valence-electron chi connectivity index (χ1n) is 9.19. The maximum Gasteiger partial charge on any atom is 0.227 e. The molecule has 0 saturated carbocycles. The summed E-state index contributed by atoms with van der Waals surface area (Å²) in [6, 6.07) is 32.5. The zero-order valence-corrected chi connectivity index (χ0v) is 15.2. The number of oxazole rings is 1. The summed E-state index contributed by atoms with van der Waals surface area (Å²) in [6.45, 7) is 0. The van der Waals surface area contributed by atoms with E-state index in [0.717, 1.165) is 44.6 Å². The molecule has 0 bridgehead atoms. The Morgan fingerprint density at radius 2 is 1.14 bits per heavy atom. The summed E-state index contributed by atoms with van der Waals surface area (Å²) in [6.07, 6.45) is 0. The molecular weight excluding hydrogens is 344 g/mol. The standard InChI is InChI=1S/C25H18N2O/c26-22-13-10-18(11-14-22)17-6-8-19(9-7-17)21-12-15-23-24(16-21)28-25(27-23)20-4-2-1-3-5-20/h1-16H,26H2. The molecule has 1 aromatic heterocycles. The van der Waals surface area contributed by atoms with Gasteiger partial charge in [-0.1, -0.05) is 60.7 Å². The Balaban J connectivity index is 1.48. The fourth-order valence-corrected chi connectivity index (χ4v) is 3.34. The zero-order valence-electron chi connectivity index (χ0n) is 15.2. The van der Waals surface area contributed by atoms with Crippen molar-refractivity contribution < 1.29 is 4.42 Å². The molecule has 5 rings (SSSR count). The third-order valence-electron chi connectivity index (χ3n) is 4.87. The normalized spacial score (nSPS) is 11.0. The number of rotatable bonds is 3. The van der Waals surface area contributed by atoms with Crippen LogP contribution in [0.1, 0.15) is 0 Å². The van der Waals surface area contributed by atoms with E-state index in [1.807, 2.05) is 66.7 Å². The first kappa shape index (κ1) is 16.3. The van der Waals surface area contributed by atoms with E-state index in [-0.39, 0.29) is 0 Å². The van der Waals surface area contributed by atoms with Gasteiger partial charge in [-0.2, -0.15) is 0 Å². The summed E-state index contributed by atoms with van der Waals surface area (Å²) in [5, 5.41) is 0. The van der Waals surface area contributed by atoms with E-state index in [0.29, 0.717) is 5.89 Å². The third-order valence-corrected chi connectivity index (χ3v) is 4.87. The number of hydrogen-bond donors (Lipinski definition) is 1. The van der Waals surface area contributed by atoms with E-state index in [9.17, 15) is 0 Å². The molecule has 0 spiro atoms. The van der Waals surface area contributed by atoms with Gasteiger partial charge in [0.15, 0.2) is 5.58 Å². The zero-order chi connectivity index (χ0) is 18.9. The smallest absolute Gasteiger partial charge is 0.227 e. The van der Waals surface area contributed by atoms with Gasteiger partial charge in [-0.3, -0.25) is 0 Å². The Morgan fingerprint density at radius 1 is 0.571 bits per heavy atom. The average molecular weight is 362 g/mol. The Kier molecular flexibility index (Phi) is 3.91. The topological polar surface area (TPSA) is 52.0 Å². The van der Waals surface area contributed by atoms with Crippen molar-refractivity contribution in [1.82, 2.24) is 4.98 Å². The van der Waals surface area contributed by atoms with E-state index >= 15 is 0 Å². The molecule has 3 heteroatoms. The first-order valence-corrected chi connectivity index (χ1v) is 9.19. The van der Waals surface area contributed by atoms with Crippen molar-refractivity contribution in [2.75, 3.05) is 5.73 Å². The molecule has 0 saturated heterocycles. The second kappa shape index (κ2) is 6.71. The minimum absolute atomic E-state index is 0.645. The molecule has 0 fully saturated rings. The molecule has 0 aliphatic carbocycles. The Morgan fingerprint density at radius 3 is 1.82 bits per heavy atom. The van der Waals surface area contributed by atoms with Crippen molar-refractivity contribution in [3.05, 3.63) is 97.1 Å². The number of anilines is 1. The van der Waals surface area contributed by atoms with Crippen molar-refractivity contribution in [2.24, 2.45) is 0 Å². The van der Waals surface area contributed by atoms with Gasteiger partial charge in [0.25, 0.3) is 0 Å². The quantitative estimate of drug-likeness (QED) is 0.377. The highest BCUT2D eigenvalue weighted by atomic mass is 16.3. The number of nitrogens with two attached hydrogens (primary N) is 1. The van der Waals surface area contributed by atoms with Crippen LogP contribution in [-0.4, -0.2) is 4.98 Å². The monoisotopic (exact) mass is 362 g/mol. The van der Waals surface area contributed by atoms with Crippen LogP contribution in [0.5, 0.6) is 0 Å². The number of benzene rings is 4. The SMILES string of the molecule is Nc1ccc(-c2ccc(-c3ccc4nc(-c5ccccc5)oc4c3)cc2)cc1. The van der Waals surface area contributed by atoms with Gasteiger partial charge in [0.05, 0.1) is 0 Å². The van der Waals surface area contributed by atoms with E-state index < -0.39 is 0 Å². The van der Waals surface area contributed by atoms with Gasteiger partial charge >= 0.3 is 0 Å². The first-order chi connectivity index (χ1) is 13.8. The molecule has 3 nitrogen and oxygen atoms in total. The molecule has 0 unspecified atom stereocenters.